The molecule has 2 heterocycles. The number of amides is 1. The molecule has 1 aromatic heterocycles. The highest BCUT2D eigenvalue weighted by atomic mass is 32.2. The summed E-state index contributed by atoms with van der Waals surface area (Å²) in [6.07, 6.45) is 5.26. The molecule has 0 atom stereocenters. The minimum atomic E-state index is -3.84. The lowest BCUT2D eigenvalue weighted by atomic mass is 10.2. The third-order valence-corrected chi connectivity index (χ3v) is 7.86. The van der Waals surface area contributed by atoms with E-state index in [0.717, 1.165) is 36.7 Å². The number of nitriles is 1. The summed E-state index contributed by atoms with van der Waals surface area (Å²) in [5.41, 5.74) is -1.56. The molecule has 11 nitrogen and oxygen atoms in total. The Morgan fingerprint density at radius 2 is 1.91 bits per heavy atom. The van der Waals surface area contributed by atoms with Crippen LogP contribution in [0.3, 0.4) is 0 Å². The first kappa shape index (κ1) is 23.7. The third-order valence-electron chi connectivity index (χ3n) is 5.94. The van der Waals surface area contributed by atoms with Gasteiger partial charge >= 0.3 is 5.69 Å². The Balaban J connectivity index is 1.61. The van der Waals surface area contributed by atoms with Crippen LogP contribution in [0.5, 0.6) is 5.75 Å². The average Bonchev–Trinajstić information content (AvgIpc) is 3.68. The molecule has 1 saturated heterocycles. The summed E-state index contributed by atoms with van der Waals surface area (Å²) < 4.78 is 35.0. The Kier molecular flexibility index (Phi) is 6.58. The number of aromatic nitrogens is 2. The van der Waals surface area contributed by atoms with E-state index in [9.17, 15) is 28.1 Å². The summed E-state index contributed by atoms with van der Waals surface area (Å²) >= 11 is 0. The molecular weight excluding hydrogens is 462 g/mol. The third kappa shape index (κ3) is 4.62. The highest BCUT2D eigenvalue weighted by molar-refractivity contribution is 7.89. The predicted molar refractivity (Wildman–Crippen MR) is 122 cm³/mol. The molecule has 1 N–H and O–H groups in total. The fourth-order valence-corrected chi connectivity index (χ4v) is 5.69. The zero-order valence-corrected chi connectivity index (χ0v) is 19.5. The van der Waals surface area contributed by atoms with E-state index in [-0.39, 0.29) is 27.9 Å². The van der Waals surface area contributed by atoms with Gasteiger partial charge in [-0.3, -0.25) is 14.2 Å². The van der Waals surface area contributed by atoms with Crippen molar-refractivity contribution in [3.05, 3.63) is 50.8 Å². The Morgan fingerprint density at radius 3 is 2.53 bits per heavy atom. The van der Waals surface area contributed by atoms with Crippen LogP contribution < -0.4 is 21.3 Å². The van der Waals surface area contributed by atoms with Crippen LogP contribution in [-0.4, -0.2) is 48.0 Å². The van der Waals surface area contributed by atoms with E-state index >= 15 is 0 Å². The summed E-state index contributed by atoms with van der Waals surface area (Å²) in [4.78, 5) is 37.8. The minimum Gasteiger partial charge on any atom is -0.495 e. The Bertz CT molecular complexity index is 1380. The van der Waals surface area contributed by atoms with E-state index in [4.69, 9.17) is 4.74 Å². The van der Waals surface area contributed by atoms with Crippen LogP contribution in [0.15, 0.2) is 38.9 Å². The summed E-state index contributed by atoms with van der Waals surface area (Å²) in [7, 11) is -2.48. The zero-order valence-electron chi connectivity index (χ0n) is 18.7. The van der Waals surface area contributed by atoms with Crippen LogP contribution in [0.2, 0.25) is 0 Å². The minimum absolute atomic E-state index is 0.0746. The number of benzene rings is 1. The smallest absolute Gasteiger partial charge is 0.331 e. The predicted octanol–water partition coefficient (Wildman–Crippen LogP) is 1.04. The van der Waals surface area contributed by atoms with Crippen molar-refractivity contribution in [1.29, 1.82) is 5.26 Å². The fourth-order valence-electron chi connectivity index (χ4n) is 4.00. The van der Waals surface area contributed by atoms with Crippen molar-refractivity contribution in [1.82, 2.24) is 13.4 Å². The summed E-state index contributed by atoms with van der Waals surface area (Å²) in [5.74, 6) is -0.558. The first-order chi connectivity index (χ1) is 16.3. The molecule has 1 saturated carbocycles. The van der Waals surface area contributed by atoms with E-state index in [2.05, 4.69) is 5.32 Å². The van der Waals surface area contributed by atoms with Crippen molar-refractivity contribution in [3.8, 4) is 11.8 Å². The van der Waals surface area contributed by atoms with E-state index < -0.39 is 33.7 Å². The number of carbonyl (C=O) groups is 1. The number of sulfonamides is 1. The molecule has 12 heteroatoms. The van der Waals surface area contributed by atoms with Gasteiger partial charge in [-0.2, -0.15) is 9.57 Å². The summed E-state index contributed by atoms with van der Waals surface area (Å²) in [5, 5.41) is 11.8. The molecule has 1 aliphatic heterocycles. The maximum Gasteiger partial charge on any atom is 0.331 e. The van der Waals surface area contributed by atoms with Gasteiger partial charge < -0.3 is 10.1 Å². The highest BCUT2D eigenvalue weighted by Gasteiger charge is 2.30. The molecule has 4 rings (SSSR count). The number of methoxy groups -OCH3 is 1. The van der Waals surface area contributed by atoms with Crippen LogP contribution >= 0.6 is 0 Å². The largest absolute Gasteiger partial charge is 0.495 e. The fraction of sp³-hybridized carbons (Fsp3) is 0.455. The van der Waals surface area contributed by atoms with Gasteiger partial charge in [-0.15, -0.1) is 0 Å². The first-order valence-corrected chi connectivity index (χ1v) is 12.4. The molecule has 0 unspecified atom stereocenters. The maximum atomic E-state index is 13.2. The lowest BCUT2D eigenvalue weighted by Crippen LogP contribution is -2.43. The van der Waals surface area contributed by atoms with Gasteiger partial charge in [0.2, 0.25) is 15.9 Å². The van der Waals surface area contributed by atoms with Crippen LogP contribution in [-0.2, 0) is 21.4 Å². The van der Waals surface area contributed by atoms with Crippen molar-refractivity contribution in [3.63, 3.8) is 0 Å². The number of carbonyl (C=O) groups excluding carboxylic acids is 1. The molecule has 180 valence electrons. The first-order valence-electron chi connectivity index (χ1n) is 11.0. The second-order valence-electron chi connectivity index (χ2n) is 8.35. The second kappa shape index (κ2) is 9.44. The Labute approximate surface area is 196 Å². The molecule has 2 aliphatic rings. The van der Waals surface area contributed by atoms with Gasteiger partial charge in [0.1, 0.15) is 28.8 Å². The standard InChI is InChI=1S/C22H25N5O6S/c1-33-18-8-5-16(11-19(18)34(31,32)25-9-3-2-4-10-25)24-20(28)14-27-21(29)15(12-23)13-26(22(27)30)17-6-7-17/h5,8,11,13,17H,2-4,6-7,9-10,14H2,1H3,(H,24,28). The van der Waals surface area contributed by atoms with Gasteiger partial charge in [0.15, 0.2) is 0 Å². The Morgan fingerprint density at radius 1 is 1.21 bits per heavy atom. The lowest BCUT2D eigenvalue weighted by Gasteiger charge is -2.26. The summed E-state index contributed by atoms with van der Waals surface area (Å²) in [6, 6.07) is 5.90. The van der Waals surface area contributed by atoms with Gasteiger partial charge in [-0.05, 0) is 43.9 Å². The molecule has 0 bridgehead atoms. The molecular formula is C22H25N5O6S. The van der Waals surface area contributed by atoms with Crippen molar-refractivity contribution in [2.24, 2.45) is 0 Å². The Hall–Kier alpha value is -3.43. The van der Waals surface area contributed by atoms with Crippen LogP contribution in [0.1, 0.15) is 43.7 Å². The van der Waals surface area contributed by atoms with E-state index in [1.807, 2.05) is 0 Å². The number of rotatable bonds is 7. The number of hydrogen-bond acceptors (Lipinski definition) is 7. The molecule has 2 aromatic rings. The van der Waals surface area contributed by atoms with Gasteiger partial charge in [0.25, 0.3) is 5.56 Å². The van der Waals surface area contributed by atoms with Gasteiger partial charge in [-0.25, -0.2) is 17.8 Å². The number of nitrogens with zero attached hydrogens (tertiary/aromatic N) is 4. The molecule has 2 fully saturated rings. The molecule has 1 amide bonds. The number of anilines is 1. The zero-order chi connectivity index (χ0) is 24.5. The van der Waals surface area contributed by atoms with Crippen molar-refractivity contribution in [2.45, 2.75) is 49.6 Å². The van der Waals surface area contributed by atoms with Crippen LogP contribution in [0.4, 0.5) is 5.69 Å². The lowest BCUT2D eigenvalue weighted by molar-refractivity contribution is -0.116. The van der Waals surface area contributed by atoms with Gasteiger partial charge in [0.05, 0.1) is 7.11 Å². The average molecular weight is 488 g/mol. The normalized spacial score (nSPS) is 16.6. The summed E-state index contributed by atoms with van der Waals surface area (Å²) in [6.45, 7) is 0.209. The number of nitrogens with one attached hydrogen (secondary N) is 1. The van der Waals surface area contributed by atoms with Crippen LogP contribution in [0, 0.1) is 11.3 Å². The van der Waals surface area contributed by atoms with E-state index in [0.29, 0.717) is 13.1 Å². The highest BCUT2D eigenvalue weighted by Crippen LogP contribution is 2.33. The topological polar surface area (TPSA) is 144 Å². The second-order valence-corrected chi connectivity index (χ2v) is 10.3. The van der Waals surface area contributed by atoms with E-state index in [1.54, 1.807) is 6.07 Å². The molecule has 1 aliphatic carbocycles. The number of hydrogen-bond donors (Lipinski definition) is 1. The van der Waals surface area contributed by atoms with Gasteiger partial charge in [-0.1, -0.05) is 6.42 Å². The number of piperidine rings is 1. The van der Waals surface area contributed by atoms with Crippen molar-refractivity contribution >= 4 is 21.6 Å². The van der Waals surface area contributed by atoms with Gasteiger partial charge in [0, 0.05) is 31.0 Å². The molecule has 1 aromatic carbocycles. The SMILES string of the molecule is COc1ccc(NC(=O)Cn2c(=O)c(C#N)cn(C3CC3)c2=O)cc1S(=O)(=O)N1CCCCC1. The van der Waals surface area contributed by atoms with Crippen LogP contribution in [0.25, 0.3) is 0 Å². The van der Waals surface area contributed by atoms with Crippen molar-refractivity contribution < 1.29 is 17.9 Å². The molecule has 34 heavy (non-hydrogen) atoms. The monoisotopic (exact) mass is 487 g/mol. The van der Waals surface area contributed by atoms with Crippen molar-refractivity contribution in [2.75, 3.05) is 25.5 Å². The maximum absolute atomic E-state index is 13.2. The number of ether oxygens (including phenoxy) is 1. The molecule has 0 radical (unpaired) electrons. The van der Waals surface area contributed by atoms with E-state index in [1.165, 1.54) is 40.4 Å². The quantitative estimate of drug-likeness (QED) is 0.614. The molecule has 0 spiro atoms.